The maximum absolute atomic E-state index is 11.4. The van der Waals surface area contributed by atoms with E-state index in [0.717, 1.165) is 17.1 Å². The van der Waals surface area contributed by atoms with E-state index in [1.165, 1.54) is 25.7 Å². The smallest absolute Gasteiger partial charge is 0.218 e. The average Bonchev–Trinajstić information content (AvgIpc) is 2.98. The predicted octanol–water partition coefficient (Wildman–Crippen LogP) is 2.61. The molecule has 0 radical (unpaired) electrons. The van der Waals surface area contributed by atoms with Crippen molar-refractivity contribution in [2.24, 2.45) is 11.7 Å². The van der Waals surface area contributed by atoms with Crippen molar-refractivity contribution >= 4 is 5.91 Å². The Labute approximate surface area is 119 Å². The number of ether oxygens (including phenoxy) is 2. The lowest BCUT2D eigenvalue weighted by Gasteiger charge is -2.25. The summed E-state index contributed by atoms with van der Waals surface area (Å²) in [5.41, 5.74) is 6.59. The third-order valence-corrected chi connectivity index (χ3v) is 4.38. The number of hydrogen-bond donors (Lipinski definition) is 1. The second-order valence-corrected chi connectivity index (χ2v) is 5.72. The molecule has 0 saturated heterocycles. The lowest BCUT2D eigenvalue weighted by Crippen LogP contribution is -2.21. The standard InChI is InChI=1S/C16H21NO3/c17-16(18)10-13(11-3-1-2-4-11)12-5-6-14-15(9-12)20-8-7-19-14/h5-6,9,11,13H,1-4,7-8,10H2,(H2,17,18). The maximum atomic E-state index is 11.4. The largest absolute Gasteiger partial charge is 0.486 e. The number of rotatable bonds is 4. The van der Waals surface area contributed by atoms with Crippen molar-refractivity contribution in [3.05, 3.63) is 23.8 Å². The van der Waals surface area contributed by atoms with Crippen LogP contribution in [0.3, 0.4) is 0 Å². The summed E-state index contributed by atoms with van der Waals surface area (Å²) < 4.78 is 11.2. The molecule has 3 rings (SSSR count). The molecule has 1 atom stereocenters. The topological polar surface area (TPSA) is 61.6 Å². The quantitative estimate of drug-likeness (QED) is 0.918. The van der Waals surface area contributed by atoms with Crippen LogP contribution in [0.2, 0.25) is 0 Å². The van der Waals surface area contributed by atoms with E-state index in [0.29, 0.717) is 25.6 Å². The fourth-order valence-corrected chi connectivity index (χ4v) is 3.42. The first-order valence-corrected chi connectivity index (χ1v) is 7.42. The van der Waals surface area contributed by atoms with Gasteiger partial charge in [-0.3, -0.25) is 4.79 Å². The van der Waals surface area contributed by atoms with Crippen LogP contribution in [-0.2, 0) is 4.79 Å². The minimum atomic E-state index is -0.225. The van der Waals surface area contributed by atoms with Crippen molar-refractivity contribution in [3.8, 4) is 11.5 Å². The van der Waals surface area contributed by atoms with Gasteiger partial charge in [0.1, 0.15) is 13.2 Å². The minimum absolute atomic E-state index is 0.214. The van der Waals surface area contributed by atoms with Crippen molar-refractivity contribution in [3.63, 3.8) is 0 Å². The van der Waals surface area contributed by atoms with E-state index in [2.05, 4.69) is 6.07 Å². The van der Waals surface area contributed by atoms with Crippen LogP contribution in [-0.4, -0.2) is 19.1 Å². The van der Waals surface area contributed by atoms with Crippen LogP contribution in [0.1, 0.15) is 43.6 Å². The summed E-state index contributed by atoms with van der Waals surface area (Å²) in [6.45, 7) is 1.18. The van der Waals surface area contributed by atoms with Crippen molar-refractivity contribution in [2.75, 3.05) is 13.2 Å². The summed E-state index contributed by atoms with van der Waals surface area (Å²) >= 11 is 0. The van der Waals surface area contributed by atoms with Gasteiger partial charge < -0.3 is 15.2 Å². The monoisotopic (exact) mass is 275 g/mol. The molecule has 1 fully saturated rings. The van der Waals surface area contributed by atoms with E-state index in [-0.39, 0.29) is 11.8 Å². The van der Waals surface area contributed by atoms with Crippen LogP contribution in [0.5, 0.6) is 11.5 Å². The van der Waals surface area contributed by atoms with Gasteiger partial charge in [0.15, 0.2) is 11.5 Å². The van der Waals surface area contributed by atoms with E-state index in [9.17, 15) is 4.79 Å². The Bertz CT molecular complexity index is 494. The van der Waals surface area contributed by atoms with E-state index in [1.807, 2.05) is 12.1 Å². The molecular formula is C16H21NO3. The van der Waals surface area contributed by atoms with Crippen molar-refractivity contribution in [1.29, 1.82) is 0 Å². The highest BCUT2D eigenvalue weighted by molar-refractivity contribution is 5.75. The third-order valence-electron chi connectivity index (χ3n) is 4.38. The lowest BCUT2D eigenvalue weighted by molar-refractivity contribution is -0.118. The normalized spacial score (nSPS) is 19.8. The molecule has 4 heteroatoms. The molecule has 1 aliphatic heterocycles. The number of carbonyl (C=O) groups excluding carboxylic acids is 1. The van der Waals surface area contributed by atoms with Crippen LogP contribution < -0.4 is 15.2 Å². The summed E-state index contributed by atoms with van der Waals surface area (Å²) in [6.07, 6.45) is 5.30. The van der Waals surface area contributed by atoms with E-state index in [4.69, 9.17) is 15.2 Å². The van der Waals surface area contributed by atoms with E-state index >= 15 is 0 Å². The third kappa shape index (κ3) is 2.74. The van der Waals surface area contributed by atoms with Gasteiger partial charge in [0.2, 0.25) is 5.91 Å². The molecule has 2 aliphatic rings. The Morgan fingerprint density at radius 1 is 1.20 bits per heavy atom. The Kier molecular flexibility index (Phi) is 3.81. The van der Waals surface area contributed by atoms with Gasteiger partial charge in [-0.25, -0.2) is 0 Å². The van der Waals surface area contributed by atoms with Crippen molar-refractivity contribution < 1.29 is 14.3 Å². The molecule has 2 N–H and O–H groups in total. The zero-order valence-electron chi connectivity index (χ0n) is 11.6. The second-order valence-electron chi connectivity index (χ2n) is 5.72. The average molecular weight is 275 g/mol. The summed E-state index contributed by atoms with van der Waals surface area (Å²) in [4.78, 5) is 11.4. The van der Waals surface area contributed by atoms with Gasteiger partial charge in [-0.05, 0) is 42.4 Å². The predicted molar refractivity (Wildman–Crippen MR) is 75.9 cm³/mol. The zero-order valence-corrected chi connectivity index (χ0v) is 11.6. The number of carbonyl (C=O) groups is 1. The van der Waals surface area contributed by atoms with Gasteiger partial charge in [-0.2, -0.15) is 0 Å². The molecule has 0 bridgehead atoms. The molecule has 1 saturated carbocycles. The molecular weight excluding hydrogens is 254 g/mol. The molecule has 0 aromatic heterocycles. The Morgan fingerprint density at radius 2 is 1.90 bits per heavy atom. The van der Waals surface area contributed by atoms with Gasteiger partial charge in [0.25, 0.3) is 0 Å². The zero-order chi connectivity index (χ0) is 13.9. The van der Waals surface area contributed by atoms with Gasteiger partial charge in [0.05, 0.1) is 0 Å². The molecule has 1 aromatic rings. The van der Waals surface area contributed by atoms with Crippen molar-refractivity contribution in [2.45, 2.75) is 38.0 Å². The van der Waals surface area contributed by atoms with Crippen molar-refractivity contribution in [1.82, 2.24) is 0 Å². The summed E-state index contributed by atoms with van der Waals surface area (Å²) in [6, 6.07) is 6.03. The molecule has 1 unspecified atom stereocenters. The summed E-state index contributed by atoms with van der Waals surface area (Å²) in [5, 5.41) is 0. The van der Waals surface area contributed by atoms with Crippen LogP contribution in [0.4, 0.5) is 0 Å². The van der Waals surface area contributed by atoms with Crippen LogP contribution in [0.15, 0.2) is 18.2 Å². The first kappa shape index (κ1) is 13.3. The highest BCUT2D eigenvalue weighted by Gasteiger charge is 2.28. The van der Waals surface area contributed by atoms with Gasteiger partial charge in [0, 0.05) is 6.42 Å². The fraction of sp³-hybridized carbons (Fsp3) is 0.562. The lowest BCUT2D eigenvalue weighted by atomic mass is 9.82. The summed E-state index contributed by atoms with van der Waals surface area (Å²) in [5.74, 6) is 2.14. The minimum Gasteiger partial charge on any atom is -0.486 e. The SMILES string of the molecule is NC(=O)CC(c1ccc2c(c1)OCCO2)C1CCCC1. The fourth-order valence-electron chi connectivity index (χ4n) is 3.42. The molecule has 20 heavy (non-hydrogen) atoms. The van der Waals surface area contributed by atoms with E-state index < -0.39 is 0 Å². The second kappa shape index (κ2) is 5.73. The molecule has 1 aromatic carbocycles. The summed E-state index contributed by atoms with van der Waals surface area (Å²) in [7, 11) is 0. The Hall–Kier alpha value is -1.71. The number of fused-ring (bicyclic) bond motifs is 1. The number of primary amides is 1. The van der Waals surface area contributed by atoms with E-state index in [1.54, 1.807) is 0 Å². The van der Waals surface area contributed by atoms with Crippen LogP contribution in [0.25, 0.3) is 0 Å². The first-order valence-electron chi connectivity index (χ1n) is 7.42. The Morgan fingerprint density at radius 3 is 2.60 bits per heavy atom. The number of hydrogen-bond acceptors (Lipinski definition) is 3. The number of amides is 1. The molecule has 1 aliphatic carbocycles. The maximum Gasteiger partial charge on any atom is 0.218 e. The highest BCUT2D eigenvalue weighted by Crippen LogP contribution is 2.42. The first-order chi connectivity index (χ1) is 9.74. The van der Waals surface area contributed by atoms with Gasteiger partial charge in [-0.1, -0.05) is 18.9 Å². The molecule has 1 heterocycles. The highest BCUT2D eigenvalue weighted by atomic mass is 16.6. The molecule has 1 amide bonds. The molecule has 0 spiro atoms. The van der Waals surface area contributed by atoms with Crippen LogP contribution >= 0.6 is 0 Å². The molecule has 4 nitrogen and oxygen atoms in total. The Balaban J connectivity index is 1.87. The van der Waals surface area contributed by atoms with Gasteiger partial charge in [-0.15, -0.1) is 0 Å². The number of nitrogens with two attached hydrogens (primary N) is 1. The number of benzene rings is 1. The molecule has 108 valence electrons. The van der Waals surface area contributed by atoms with Gasteiger partial charge >= 0.3 is 0 Å². The van der Waals surface area contributed by atoms with Crippen LogP contribution in [0, 0.1) is 5.92 Å².